The molecule has 2 rings (SSSR count). The van der Waals surface area contributed by atoms with Crippen molar-refractivity contribution in [1.29, 1.82) is 0 Å². The molecule has 0 bridgehead atoms. The first-order chi connectivity index (χ1) is 11.1. The number of hydrogen-bond acceptors (Lipinski definition) is 3. The lowest BCUT2D eigenvalue weighted by molar-refractivity contribution is -0.116. The second-order valence-electron chi connectivity index (χ2n) is 4.89. The van der Waals surface area contributed by atoms with Crippen LogP contribution < -0.4 is 10.1 Å². The number of rotatable bonds is 6. The van der Waals surface area contributed by atoms with Crippen molar-refractivity contribution in [3.8, 4) is 5.75 Å². The minimum atomic E-state index is -0.782. The maximum absolute atomic E-state index is 11.8. The summed E-state index contributed by atoms with van der Waals surface area (Å²) in [5.74, 6) is 0.404. The fourth-order valence-electron chi connectivity index (χ4n) is 2.03. The van der Waals surface area contributed by atoms with Gasteiger partial charge in [0.25, 0.3) is 0 Å². The van der Waals surface area contributed by atoms with E-state index in [0.717, 1.165) is 5.56 Å². The molecule has 0 saturated heterocycles. The molecule has 0 radical (unpaired) electrons. The highest BCUT2D eigenvalue weighted by Gasteiger charge is 2.08. The number of aliphatic hydroxyl groups excluding tert-OH is 1. The van der Waals surface area contributed by atoms with E-state index in [4.69, 9.17) is 16.3 Å². The van der Waals surface area contributed by atoms with Crippen LogP contribution in [-0.2, 0) is 4.79 Å². The number of halogens is 1. The molecule has 23 heavy (non-hydrogen) atoms. The van der Waals surface area contributed by atoms with Crippen LogP contribution in [0.4, 0.5) is 0 Å². The van der Waals surface area contributed by atoms with E-state index in [1.807, 2.05) is 24.3 Å². The lowest BCUT2D eigenvalue weighted by Gasteiger charge is -2.11. The van der Waals surface area contributed by atoms with Gasteiger partial charge in [0, 0.05) is 23.2 Å². The summed E-state index contributed by atoms with van der Waals surface area (Å²) in [6.45, 7) is 0.122. The first kappa shape index (κ1) is 17.1. The largest absolute Gasteiger partial charge is 0.496 e. The van der Waals surface area contributed by atoms with Crippen molar-refractivity contribution in [3.63, 3.8) is 0 Å². The second-order valence-corrected chi connectivity index (χ2v) is 5.32. The van der Waals surface area contributed by atoms with Crippen molar-refractivity contribution in [2.24, 2.45) is 0 Å². The molecule has 1 amide bonds. The number of amides is 1. The first-order valence-corrected chi connectivity index (χ1v) is 7.50. The number of benzene rings is 2. The second kappa shape index (κ2) is 8.36. The molecule has 2 aromatic carbocycles. The topological polar surface area (TPSA) is 58.6 Å². The molecule has 5 heteroatoms. The number of hydrogen-bond donors (Lipinski definition) is 2. The third-order valence-corrected chi connectivity index (χ3v) is 3.53. The Labute approximate surface area is 140 Å². The summed E-state index contributed by atoms with van der Waals surface area (Å²) >= 11 is 5.80. The normalized spacial score (nSPS) is 12.1. The Bertz CT molecular complexity index is 683. The third kappa shape index (κ3) is 5.13. The van der Waals surface area contributed by atoms with Gasteiger partial charge in [-0.3, -0.25) is 4.79 Å². The van der Waals surface area contributed by atoms with Gasteiger partial charge in [0.15, 0.2) is 0 Å². The van der Waals surface area contributed by atoms with Crippen molar-refractivity contribution in [2.45, 2.75) is 6.10 Å². The summed E-state index contributed by atoms with van der Waals surface area (Å²) in [4.78, 5) is 11.8. The van der Waals surface area contributed by atoms with Gasteiger partial charge in [-0.1, -0.05) is 41.9 Å². The molecule has 0 spiro atoms. The van der Waals surface area contributed by atoms with Crippen LogP contribution in [-0.4, -0.2) is 24.7 Å². The van der Waals surface area contributed by atoms with E-state index in [2.05, 4.69) is 5.32 Å². The molecular weight excluding hydrogens is 314 g/mol. The Kier molecular flexibility index (Phi) is 6.20. The molecule has 0 aliphatic carbocycles. The molecule has 0 aliphatic heterocycles. The van der Waals surface area contributed by atoms with Crippen LogP contribution in [0.25, 0.3) is 6.08 Å². The van der Waals surface area contributed by atoms with Gasteiger partial charge < -0.3 is 15.2 Å². The lowest BCUT2D eigenvalue weighted by atomic mass is 10.1. The molecule has 0 fully saturated rings. The van der Waals surface area contributed by atoms with Crippen LogP contribution in [0, 0.1) is 0 Å². The monoisotopic (exact) mass is 331 g/mol. The average Bonchev–Trinajstić information content (AvgIpc) is 2.58. The number of aliphatic hydroxyl groups is 1. The zero-order chi connectivity index (χ0) is 16.7. The van der Waals surface area contributed by atoms with E-state index in [9.17, 15) is 9.90 Å². The van der Waals surface area contributed by atoms with Crippen molar-refractivity contribution in [3.05, 3.63) is 70.8 Å². The minimum absolute atomic E-state index is 0.122. The summed E-state index contributed by atoms with van der Waals surface area (Å²) in [7, 11) is 1.58. The Morgan fingerprint density at radius 2 is 1.96 bits per heavy atom. The van der Waals surface area contributed by atoms with E-state index < -0.39 is 6.10 Å². The fraction of sp³-hybridized carbons (Fsp3) is 0.167. The molecule has 0 saturated carbocycles. The Morgan fingerprint density at radius 3 is 2.65 bits per heavy atom. The minimum Gasteiger partial charge on any atom is -0.496 e. The molecule has 2 aromatic rings. The standard InChI is InChI=1S/C18H18ClNO3/c1-23-17-5-3-2-4-14(17)8-11-18(22)20-12-16(21)13-6-9-15(19)10-7-13/h2-11,16,21H,12H2,1H3,(H,20,22)/b11-8+. The molecule has 1 atom stereocenters. The molecule has 0 heterocycles. The van der Waals surface area contributed by atoms with Crippen LogP contribution in [0.3, 0.4) is 0 Å². The third-order valence-electron chi connectivity index (χ3n) is 3.28. The average molecular weight is 332 g/mol. The highest BCUT2D eigenvalue weighted by atomic mass is 35.5. The molecule has 4 nitrogen and oxygen atoms in total. The maximum atomic E-state index is 11.8. The molecule has 1 unspecified atom stereocenters. The highest BCUT2D eigenvalue weighted by molar-refractivity contribution is 6.30. The van der Waals surface area contributed by atoms with Crippen molar-refractivity contribution in [2.75, 3.05) is 13.7 Å². The molecule has 2 N–H and O–H groups in total. The van der Waals surface area contributed by atoms with E-state index in [-0.39, 0.29) is 12.5 Å². The van der Waals surface area contributed by atoms with Crippen LogP contribution >= 0.6 is 11.6 Å². The van der Waals surface area contributed by atoms with Crippen LogP contribution in [0.2, 0.25) is 5.02 Å². The van der Waals surface area contributed by atoms with Gasteiger partial charge in [0.05, 0.1) is 13.2 Å². The SMILES string of the molecule is COc1ccccc1/C=C/C(=O)NCC(O)c1ccc(Cl)cc1. The number of carbonyl (C=O) groups excluding carboxylic acids is 1. The first-order valence-electron chi connectivity index (χ1n) is 7.12. The maximum Gasteiger partial charge on any atom is 0.244 e. The lowest BCUT2D eigenvalue weighted by Crippen LogP contribution is -2.26. The zero-order valence-electron chi connectivity index (χ0n) is 12.7. The van der Waals surface area contributed by atoms with Gasteiger partial charge in [0.2, 0.25) is 5.91 Å². The van der Waals surface area contributed by atoms with Gasteiger partial charge in [-0.05, 0) is 29.8 Å². The number of methoxy groups -OCH3 is 1. The van der Waals surface area contributed by atoms with Crippen molar-refractivity contribution in [1.82, 2.24) is 5.32 Å². The van der Waals surface area contributed by atoms with Crippen LogP contribution in [0.5, 0.6) is 5.75 Å². The molecule has 120 valence electrons. The van der Waals surface area contributed by atoms with Gasteiger partial charge in [-0.2, -0.15) is 0 Å². The number of carbonyl (C=O) groups is 1. The highest BCUT2D eigenvalue weighted by Crippen LogP contribution is 2.18. The Morgan fingerprint density at radius 1 is 1.26 bits per heavy atom. The molecule has 0 aliphatic rings. The van der Waals surface area contributed by atoms with Crippen molar-refractivity contribution < 1.29 is 14.6 Å². The summed E-state index contributed by atoms with van der Waals surface area (Å²) in [6.07, 6.45) is 2.30. The zero-order valence-corrected chi connectivity index (χ0v) is 13.5. The fourth-order valence-corrected chi connectivity index (χ4v) is 2.15. The molecule has 0 aromatic heterocycles. The summed E-state index contributed by atoms with van der Waals surface area (Å²) in [6, 6.07) is 14.2. The predicted molar refractivity (Wildman–Crippen MR) is 91.4 cm³/mol. The quantitative estimate of drug-likeness (QED) is 0.799. The van der Waals surface area contributed by atoms with Gasteiger partial charge in [-0.25, -0.2) is 0 Å². The number of para-hydroxylation sites is 1. The smallest absolute Gasteiger partial charge is 0.244 e. The predicted octanol–water partition coefficient (Wildman–Crippen LogP) is 3.21. The van der Waals surface area contributed by atoms with Crippen LogP contribution in [0.1, 0.15) is 17.2 Å². The van der Waals surface area contributed by atoms with Gasteiger partial charge in [-0.15, -0.1) is 0 Å². The van der Waals surface area contributed by atoms with Gasteiger partial charge in [0.1, 0.15) is 5.75 Å². The van der Waals surface area contributed by atoms with Crippen molar-refractivity contribution >= 4 is 23.6 Å². The van der Waals surface area contributed by atoms with E-state index >= 15 is 0 Å². The van der Waals surface area contributed by atoms with E-state index in [1.54, 1.807) is 37.5 Å². The molecular formula is C18H18ClNO3. The number of nitrogens with one attached hydrogen (secondary N) is 1. The van der Waals surface area contributed by atoms with Crippen LogP contribution in [0.15, 0.2) is 54.6 Å². The van der Waals surface area contributed by atoms with E-state index in [0.29, 0.717) is 16.3 Å². The summed E-state index contributed by atoms with van der Waals surface area (Å²) in [5, 5.41) is 13.3. The van der Waals surface area contributed by atoms with Gasteiger partial charge >= 0.3 is 0 Å². The Hall–Kier alpha value is -2.30. The summed E-state index contributed by atoms with van der Waals surface area (Å²) < 4.78 is 5.21. The number of ether oxygens (including phenoxy) is 1. The van der Waals surface area contributed by atoms with E-state index in [1.165, 1.54) is 6.08 Å². The summed E-state index contributed by atoms with van der Waals surface area (Å²) in [5.41, 5.74) is 1.51. The Balaban J connectivity index is 1.89.